The van der Waals surface area contributed by atoms with E-state index >= 15 is 0 Å². The molecule has 4 heteroatoms. The predicted octanol–water partition coefficient (Wildman–Crippen LogP) is 3.70. The van der Waals surface area contributed by atoms with Gasteiger partial charge in [0.2, 0.25) is 0 Å². The molecule has 0 aliphatic heterocycles. The number of oxime groups is 1. The molecule has 1 rings (SSSR count). The van der Waals surface area contributed by atoms with Crippen LogP contribution in [0.4, 0.5) is 0 Å². The van der Waals surface area contributed by atoms with E-state index in [1.165, 1.54) is 38.5 Å². The zero-order chi connectivity index (χ0) is 15.6. The van der Waals surface area contributed by atoms with E-state index in [4.69, 9.17) is 0 Å². The lowest BCUT2D eigenvalue weighted by Crippen LogP contribution is -2.45. The predicted molar refractivity (Wildman–Crippen MR) is 87.8 cm³/mol. The van der Waals surface area contributed by atoms with Gasteiger partial charge in [-0.15, -0.1) is 0 Å². The molecule has 1 aromatic heterocycles. The number of aromatic nitrogens is 1. The van der Waals surface area contributed by atoms with Crippen LogP contribution in [0.1, 0.15) is 51.1 Å². The number of pyridine rings is 1. The molecule has 0 fully saturated rings. The van der Waals surface area contributed by atoms with Gasteiger partial charge in [0.1, 0.15) is 6.54 Å². The summed E-state index contributed by atoms with van der Waals surface area (Å²) in [5.41, 5.74) is 1.42. The SMILES string of the molecule is CCCCCCCC[N+](C)(C)C/C(=N\O)c1ccccn1. The summed E-state index contributed by atoms with van der Waals surface area (Å²) in [7, 11) is 4.36. The van der Waals surface area contributed by atoms with Gasteiger partial charge in [-0.3, -0.25) is 4.98 Å². The van der Waals surface area contributed by atoms with E-state index in [1.807, 2.05) is 18.2 Å². The number of rotatable bonds is 10. The third kappa shape index (κ3) is 7.23. The van der Waals surface area contributed by atoms with Crippen molar-refractivity contribution in [3.63, 3.8) is 0 Å². The summed E-state index contributed by atoms with van der Waals surface area (Å²) in [6.07, 6.45) is 9.56. The maximum Gasteiger partial charge on any atom is 0.159 e. The monoisotopic (exact) mass is 292 g/mol. The summed E-state index contributed by atoms with van der Waals surface area (Å²) in [4.78, 5) is 4.26. The van der Waals surface area contributed by atoms with Gasteiger partial charge in [-0.05, 0) is 25.0 Å². The van der Waals surface area contributed by atoms with Crippen LogP contribution < -0.4 is 0 Å². The smallest absolute Gasteiger partial charge is 0.159 e. The average molecular weight is 292 g/mol. The average Bonchev–Trinajstić information content (AvgIpc) is 2.49. The van der Waals surface area contributed by atoms with Crippen LogP contribution in [-0.4, -0.2) is 47.6 Å². The Kier molecular flexibility index (Phi) is 7.98. The molecule has 118 valence electrons. The topological polar surface area (TPSA) is 45.5 Å². The maximum absolute atomic E-state index is 9.25. The molecular weight excluding hydrogens is 262 g/mol. The van der Waals surface area contributed by atoms with E-state index in [0.717, 1.165) is 16.7 Å². The van der Waals surface area contributed by atoms with Crippen LogP contribution in [0, 0.1) is 0 Å². The first kappa shape index (κ1) is 17.6. The number of hydrogen-bond acceptors (Lipinski definition) is 3. The second-order valence-corrected chi connectivity index (χ2v) is 6.35. The van der Waals surface area contributed by atoms with Gasteiger partial charge in [-0.1, -0.05) is 43.8 Å². The highest BCUT2D eigenvalue weighted by molar-refractivity contribution is 5.99. The Morgan fingerprint density at radius 1 is 1.14 bits per heavy atom. The van der Waals surface area contributed by atoms with E-state index < -0.39 is 0 Å². The highest BCUT2D eigenvalue weighted by Gasteiger charge is 2.20. The number of nitrogens with zero attached hydrogens (tertiary/aromatic N) is 3. The summed E-state index contributed by atoms with van der Waals surface area (Å²) in [6.45, 7) is 4.04. The summed E-state index contributed by atoms with van der Waals surface area (Å²) >= 11 is 0. The minimum Gasteiger partial charge on any atom is -0.410 e. The molecule has 1 N–H and O–H groups in total. The fraction of sp³-hybridized carbons (Fsp3) is 0.647. The lowest BCUT2D eigenvalue weighted by atomic mass is 10.1. The Balaban J connectivity index is 2.40. The van der Waals surface area contributed by atoms with Gasteiger partial charge >= 0.3 is 0 Å². The fourth-order valence-corrected chi connectivity index (χ4v) is 2.50. The molecule has 0 atom stereocenters. The molecule has 0 saturated carbocycles. The van der Waals surface area contributed by atoms with Gasteiger partial charge < -0.3 is 9.69 Å². The van der Waals surface area contributed by atoms with Gasteiger partial charge in [0.15, 0.2) is 5.71 Å². The highest BCUT2D eigenvalue weighted by atomic mass is 16.4. The maximum atomic E-state index is 9.25. The molecule has 1 heterocycles. The number of hydrogen-bond donors (Lipinski definition) is 1. The van der Waals surface area contributed by atoms with E-state index in [2.05, 4.69) is 31.2 Å². The lowest BCUT2D eigenvalue weighted by Gasteiger charge is -2.29. The van der Waals surface area contributed by atoms with Crippen LogP contribution in [-0.2, 0) is 0 Å². The first-order chi connectivity index (χ1) is 10.1. The van der Waals surface area contributed by atoms with E-state index in [9.17, 15) is 5.21 Å². The molecule has 0 unspecified atom stereocenters. The third-order valence-corrected chi connectivity index (χ3v) is 3.78. The molecule has 21 heavy (non-hydrogen) atoms. The third-order valence-electron chi connectivity index (χ3n) is 3.78. The van der Waals surface area contributed by atoms with Gasteiger partial charge in [0.25, 0.3) is 0 Å². The van der Waals surface area contributed by atoms with Crippen molar-refractivity contribution in [3.05, 3.63) is 30.1 Å². The van der Waals surface area contributed by atoms with Crippen molar-refractivity contribution in [2.45, 2.75) is 45.4 Å². The minimum absolute atomic E-state index is 0.659. The number of unbranched alkanes of at least 4 members (excludes halogenated alkanes) is 5. The second kappa shape index (κ2) is 9.50. The molecule has 0 aliphatic carbocycles. The Bertz CT molecular complexity index is 415. The minimum atomic E-state index is 0.659. The molecule has 0 bridgehead atoms. The van der Waals surface area contributed by atoms with Crippen molar-refractivity contribution in [3.8, 4) is 0 Å². The first-order valence-electron chi connectivity index (χ1n) is 8.03. The Morgan fingerprint density at radius 3 is 2.48 bits per heavy atom. The molecule has 1 aromatic rings. The lowest BCUT2D eigenvalue weighted by molar-refractivity contribution is -0.881. The highest BCUT2D eigenvalue weighted by Crippen LogP contribution is 2.10. The fourth-order valence-electron chi connectivity index (χ4n) is 2.50. The zero-order valence-electron chi connectivity index (χ0n) is 13.8. The molecule has 0 aromatic carbocycles. The summed E-state index contributed by atoms with van der Waals surface area (Å²) in [5.74, 6) is 0. The normalized spacial score (nSPS) is 12.6. The Hall–Kier alpha value is -1.42. The molecule has 0 spiro atoms. The van der Waals surface area contributed by atoms with Crippen molar-refractivity contribution in [1.82, 2.24) is 4.98 Å². The van der Waals surface area contributed by atoms with Gasteiger partial charge in [-0.25, -0.2) is 0 Å². The van der Waals surface area contributed by atoms with Crippen molar-refractivity contribution in [2.24, 2.45) is 5.16 Å². The molecule has 0 saturated heterocycles. The van der Waals surface area contributed by atoms with E-state index in [-0.39, 0.29) is 0 Å². The zero-order valence-corrected chi connectivity index (χ0v) is 13.8. The largest absolute Gasteiger partial charge is 0.410 e. The summed E-state index contributed by atoms with van der Waals surface area (Å²) in [5, 5.41) is 12.7. The van der Waals surface area contributed by atoms with Crippen LogP contribution in [0.5, 0.6) is 0 Å². The standard InChI is InChI=1S/C17H29N3O/c1-4-5-6-7-8-11-14-20(2,3)15-17(19-21)16-12-9-10-13-18-16/h9-10,12-13H,4-8,11,14-15H2,1-3H3/p+1/b19-17+. The molecule has 0 aliphatic rings. The van der Waals surface area contributed by atoms with E-state index in [1.54, 1.807) is 6.20 Å². The van der Waals surface area contributed by atoms with Crippen LogP contribution >= 0.6 is 0 Å². The Labute approximate surface area is 129 Å². The molecular formula is C17H30N3O+. The van der Waals surface area contributed by atoms with Crippen LogP contribution in [0.25, 0.3) is 0 Å². The molecule has 4 nitrogen and oxygen atoms in total. The quantitative estimate of drug-likeness (QED) is 0.235. The Morgan fingerprint density at radius 2 is 1.86 bits per heavy atom. The summed E-state index contributed by atoms with van der Waals surface area (Å²) in [6, 6.07) is 5.68. The van der Waals surface area contributed by atoms with Gasteiger partial charge in [0, 0.05) is 6.20 Å². The van der Waals surface area contributed by atoms with Crippen molar-refractivity contribution < 1.29 is 9.69 Å². The van der Waals surface area contributed by atoms with Gasteiger partial charge in [-0.2, -0.15) is 0 Å². The van der Waals surface area contributed by atoms with E-state index in [0.29, 0.717) is 12.3 Å². The molecule has 0 amide bonds. The first-order valence-corrected chi connectivity index (χ1v) is 8.03. The number of quaternary nitrogens is 1. The van der Waals surface area contributed by atoms with Crippen LogP contribution in [0.2, 0.25) is 0 Å². The second-order valence-electron chi connectivity index (χ2n) is 6.35. The number of likely N-dealkylation sites (N-methyl/N-ethyl adjacent to an activating group) is 1. The van der Waals surface area contributed by atoms with Crippen molar-refractivity contribution >= 4 is 5.71 Å². The molecule has 0 radical (unpaired) electrons. The van der Waals surface area contributed by atoms with Crippen LogP contribution in [0.15, 0.2) is 29.6 Å². The van der Waals surface area contributed by atoms with Crippen molar-refractivity contribution in [1.29, 1.82) is 0 Å². The van der Waals surface area contributed by atoms with Crippen LogP contribution in [0.3, 0.4) is 0 Å². The van der Waals surface area contributed by atoms with Gasteiger partial charge in [0.05, 0.1) is 26.3 Å². The van der Waals surface area contributed by atoms with Crippen molar-refractivity contribution in [2.75, 3.05) is 27.2 Å². The summed E-state index contributed by atoms with van der Waals surface area (Å²) < 4.78 is 0.823.